The van der Waals surface area contributed by atoms with E-state index in [4.69, 9.17) is 0 Å². The number of hydrazine groups is 1. The van der Waals surface area contributed by atoms with Crippen LogP contribution in [0.5, 0.6) is 0 Å². The average molecular weight is 184 g/mol. The van der Waals surface area contributed by atoms with Gasteiger partial charge in [0.1, 0.15) is 0 Å². The van der Waals surface area contributed by atoms with Gasteiger partial charge >= 0.3 is 0 Å². The molecule has 0 N–H and O–H groups in total. The largest absolute Gasteiger partial charge is 0.222 e. The lowest BCUT2D eigenvalue weighted by molar-refractivity contribution is 0.382. The van der Waals surface area contributed by atoms with Gasteiger partial charge in [-0.2, -0.15) is 0 Å². The molecule has 0 aromatic carbocycles. The van der Waals surface area contributed by atoms with Crippen molar-refractivity contribution in [2.75, 3.05) is 14.1 Å². The molecule has 0 aromatic heterocycles. The molecule has 1 saturated heterocycles. The summed E-state index contributed by atoms with van der Waals surface area (Å²) in [7, 11) is 4.43. The summed E-state index contributed by atoms with van der Waals surface area (Å²) in [6, 6.07) is 0. The zero-order chi connectivity index (χ0) is 9.90. The Morgan fingerprint density at radius 3 is 1.46 bits per heavy atom. The van der Waals surface area contributed by atoms with Crippen LogP contribution < -0.4 is 0 Å². The Balaban J connectivity index is 2.38. The first-order chi connectivity index (χ1) is 6.19. The normalized spacial score (nSPS) is 30.5. The molecule has 0 bridgehead atoms. The summed E-state index contributed by atoms with van der Waals surface area (Å²) < 4.78 is 0. The summed E-state index contributed by atoms with van der Waals surface area (Å²) in [5.41, 5.74) is 0.437. The van der Waals surface area contributed by atoms with Crippen LogP contribution in [0.15, 0.2) is 0 Å². The van der Waals surface area contributed by atoms with Gasteiger partial charge in [-0.1, -0.05) is 39.5 Å². The second-order valence-electron chi connectivity index (χ2n) is 4.24. The summed E-state index contributed by atoms with van der Waals surface area (Å²) in [6.45, 7) is 4.55. The molecule has 0 saturated carbocycles. The maximum atomic E-state index is 2.40. The minimum atomic E-state index is 0.437. The summed E-state index contributed by atoms with van der Waals surface area (Å²) in [6.07, 6.45) is 8.04. The van der Waals surface area contributed by atoms with Gasteiger partial charge in [-0.05, 0) is 12.8 Å². The highest BCUT2D eigenvalue weighted by atomic mass is 15.9. The van der Waals surface area contributed by atoms with Crippen LogP contribution >= 0.6 is 0 Å². The number of unbranched alkanes of at least 4 members (excludes halogenated alkanes) is 2. The Kier molecular flexibility index (Phi) is 3.74. The Bertz CT molecular complexity index is 138. The maximum Gasteiger partial charge on any atom is 0.0998 e. The summed E-state index contributed by atoms with van der Waals surface area (Å²) in [4.78, 5) is 0. The van der Waals surface area contributed by atoms with Gasteiger partial charge in [0.05, 0.1) is 5.66 Å². The molecule has 1 aliphatic rings. The van der Waals surface area contributed by atoms with Crippen LogP contribution in [0.25, 0.3) is 0 Å². The van der Waals surface area contributed by atoms with Crippen molar-refractivity contribution in [3.8, 4) is 0 Å². The molecule has 0 amide bonds. The fourth-order valence-corrected chi connectivity index (χ4v) is 2.23. The quantitative estimate of drug-likeness (QED) is 0.585. The number of rotatable bonds is 6. The van der Waals surface area contributed by atoms with Crippen molar-refractivity contribution in [3.05, 3.63) is 0 Å². The molecule has 1 aliphatic heterocycles. The van der Waals surface area contributed by atoms with E-state index in [2.05, 4.69) is 38.0 Å². The standard InChI is InChI=1S/C11H24N2/c1-5-7-9-11(10-8-6-2)12(3)13(11)4/h5-10H2,1-4H3. The van der Waals surface area contributed by atoms with Crippen molar-refractivity contribution >= 4 is 0 Å². The predicted molar refractivity (Wildman–Crippen MR) is 57.3 cm³/mol. The Hall–Kier alpha value is -0.0800. The smallest absolute Gasteiger partial charge is 0.0998 e. The molecule has 0 radical (unpaired) electrons. The molecule has 1 rings (SSSR count). The van der Waals surface area contributed by atoms with Gasteiger partial charge in [-0.25, -0.2) is 10.0 Å². The van der Waals surface area contributed by atoms with Crippen LogP contribution in [0.3, 0.4) is 0 Å². The van der Waals surface area contributed by atoms with E-state index in [1.165, 1.54) is 38.5 Å². The Morgan fingerprint density at radius 2 is 1.23 bits per heavy atom. The lowest BCUT2D eigenvalue weighted by atomic mass is 10.00. The second kappa shape index (κ2) is 4.43. The van der Waals surface area contributed by atoms with Gasteiger partial charge in [0.15, 0.2) is 0 Å². The van der Waals surface area contributed by atoms with Crippen molar-refractivity contribution in [3.63, 3.8) is 0 Å². The topological polar surface area (TPSA) is 6.02 Å². The van der Waals surface area contributed by atoms with Gasteiger partial charge in [-0.15, -0.1) is 0 Å². The molecule has 0 spiro atoms. The zero-order valence-corrected chi connectivity index (χ0v) is 9.64. The third kappa shape index (κ3) is 2.05. The van der Waals surface area contributed by atoms with Crippen LogP contribution in [-0.4, -0.2) is 29.8 Å². The van der Waals surface area contributed by atoms with Crippen LogP contribution in [-0.2, 0) is 0 Å². The van der Waals surface area contributed by atoms with Crippen LogP contribution in [0, 0.1) is 0 Å². The van der Waals surface area contributed by atoms with E-state index in [9.17, 15) is 0 Å². The first-order valence-electron chi connectivity index (χ1n) is 5.66. The van der Waals surface area contributed by atoms with E-state index in [1.54, 1.807) is 0 Å². The van der Waals surface area contributed by atoms with Gasteiger partial charge in [0, 0.05) is 14.1 Å². The fourth-order valence-electron chi connectivity index (χ4n) is 2.23. The van der Waals surface area contributed by atoms with Gasteiger partial charge in [-0.3, -0.25) is 0 Å². The van der Waals surface area contributed by atoms with Gasteiger partial charge < -0.3 is 0 Å². The van der Waals surface area contributed by atoms with E-state index < -0.39 is 0 Å². The van der Waals surface area contributed by atoms with E-state index in [1.807, 2.05) is 0 Å². The highest BCUT2D eigenvalue weighted by Gasteiger charge is 2.54. The first-order valence-corrected chi connectivity index (χ1v) is 5.66. The lowest BCUT2D eigenvalue weighted by Gasteiger charge is -2.13. The van der Waals surface area contributed by atoms with Crippen molar-refractivity contribution in [1.82, 2.24) is 10.0 Å². The van der Waals surface area contributed by atoms with E-state index in [0.717, 1.165) is 0 Å². The summed E-state index contributed by atoms with van der Waals surface area (Å²) in [5.74, 6) is 0. The minimum absolute atomic E-state index is 0.437. The minimum Gasteiger partial charge on any atom is -0.222 e. The highest BCUT2D eigenvalue weighted by Crippen LogP contribution is 2.43. The fraction of sp³-hybridized carbons (Fsp3) is 1.00. The monoisotopic (exact) mass is 184 g/mol. The summed E-state index contributed by atoms with van der Waals surface area (Å²) in [5, 5.41) is 4.80. The lowest BCUT2D eigenvalue weighted by Crippen LogP contribution is -2.18. The number of hydrogen-bond acceptors (Lipinski definition) is 2. The van der Waals surface area contributed by atoms with Crippen LogP contribution in [0.1, 0.15) is 52.4 Å². The Morgan fingerprint density at radius 1 is 0.846 bits per heavy atom. The molecule has 2 atom stereocenters. The average Bonchev–Trinajstić information content (AvgIpc) is 2.65. The Labute approximate surface area is 82.9 Å². The van der Waals surface area contributed by atoms with Gasteiger partial charge in [0.2, 0.25) is 0 Å². The second-order valence-corrected chi connectivity index (χ2v) is 4.24. The van der Waals surface area contributed by atoms with Crippen molar-refractivity contribution in [1.29, 1.82) is 0 Å². The molecule has 1 heterocycles. The first kappa shape index (κ1) is 11.0. The zero-order valence-electron chi connectivity index (χ0n) is 9.64. The molecule has 2 unspecified atom stereocenters. The summed E-state index contributed by atoms with van der Waals surface area (Å²) >= 11 is 0. The van der Waals surface area contributed by atoms with E-state index in [0.29, 0.717) is 5.66 Å². The molecule has 0 aromatic rings. The van der Waals surface area contributed by atoms with E-state index in [-0.39, 0.29) is 0 Å². The third-order valence-electron chi connectivity index (χ3n) is 3.48. The maximum absolute atomic E-state index is 2.40. The predicted octanol–water partition coefficient (Wildman–Crippen LogP) is 2.86. The molecule has 13 heavy (non-hydrogen) atoms. The van der Waals surface area contributed by atoms with Crippen LogP contribution in [0.4, 0.5) is 0 Å². The molecular formula is C11H24N2. The van der Waals surface area contributed by atoms with Crippen LogP contribution in [0.2, 0.25) is 0 Å². The molecule has 0 aliphatic carbocycles. The molecule has 78 valence electrons. The number of nitrogens with zero attached hydrogens (tertiary/aromatic N) is 2. The van der Waals surface area contributed by atoms with Crippen molar-refractivity contribution in [2.24, 2.45) is 0 Å². The van der Waals surface area contributed by atoms with E-state index >= 15 is 0 Å². The molecule has 1 fully saturated rings. The van der Waals surface area contributed by atoms with Crippen molar-refractivity contribution in [2.45, 2.75) is 58.0 Å². The third-order valence-corrected chi connectivity index (χ3v) is 3.48. The highest BCUT2D eigenvalue weighted by molar-refractivity contribution is 4.96. The van der Waals surface area contributed by atoms with Gasteiger partial charge in [0.25, 0.3) is 0 Å². The molecular weight excluding hydrogens is 160 g/mol. The molecule has 2 nitrogen and oxygen atoms in total. The number of hydrogen-bond donors (Lipinski definition) is 0. The molecule has 2 heteroatoms. The SMILES string of the molecule is CCCCC1(CCCC)N(C)N1C. The van der Waals surface area contributed by atoms with Crippen molar-refractivity contribution < 1.29 is 0 Å².